The first kappa shape index (κ1) is 10.1. The standard InChI is InChI=1S/C13H23NO/c14-11-9-13(7-3-4-8-13)15-12-6-2-1-5-10(11)12/h10-12H,1-9,14H2. The second-order valence-electron chi connectivity index (χ2n) is 5.86. The molecule has 3 unspecified atom stereocenters. The molecule has 3 aliphatic rings. The van der Waals surface area contributed by atoms with Crippen LogP contribution in [-0.2, 0) is 4.74 Å². The molecule has 0 aromatic rings. The molecule has 3 atom stereocenters. The number of rotatable bonds is 0. The number of hydrogen-bond acceptors (Lipinski definition) is 2. The zero-order valence-corrected chi connectivity index (χ0v) is 9.58. The molecule has 0 amide bonds. The van der Waals surface area contributed by atoms with Crippen molar-refractivity contribution >= 4 is 0 Å². The van der Waals surface area contributed by atoms with Crippen LogP contribution in [0.4, 0.5) is 0 Å². The SMILES string of the molecule is NC1CC2(CCCC2)OC2CCCCC12. The van der Waals surface area contributed by atoms with E-state index in [1.54, 1.807) is 0 Å². The fourth-order valence-corrected chi connectivity index (χ4v) is 4.05. The van der Waals surface area contributed by atoms with E-state index >= 15 is 0 Å². The Morgan fingerprint density at radius 3 is 2.53 bits per heavy atom. The molecule has 3 rings (SSSR count). The van der Waals surface area contributed by atoms with Crippen molar-refractivity contribution in [1.29, 1.82) is 0 Å². The monoisotopic (exact) mass is 209 g/mol. The minimum Gasteiger partial charge on any atom is -0.371 e. The number of fused-ring (bicyclic) bond motifs is 1. The number of nitrogens with two attached hydrogens (primary N) is 1. The highest BCUT2D eigenvalue weighted by Gasteiger charge is 2.47. The Kier molecular flexibility index (Phi) is 2.52. The number of ether oxygens (including phenoxy) is 1. The van der Waals surface area contributed by atoms with E-state index in [2.05, 4.69) is 0 Å². The van der Waals surface area contributed by atoms with E-state index in [1.165, 1.54) is 51.4 Å². The molecule has 1 spiro atoms. The predicted octanol–water partition coefficient (Wildman–Crippen LogP) is 2.61. The first-order chi connectivity index (χ1) is 7.29. The summed E-state index contributed by atoms with van der Waals surface area (Å²) in [5.41, 5.74) is 6.57. The number of hydrogen-bond donors (Lipinski definition) is 1. The smallest absolute Gasteiger partial charge is 0.0701 e. The van der Waals surface area contributed by atoms with Gasteiger partial charge in [0.15, 0.2) is 0 Å². The van der Waals surface area contributed by atoms with Crippen molar-refractivity contribution < 1.29 is 4.74 Å². The molecule has 2 N–H and O–H groups in total. The minimum absolute atomic E-state index is 0.206. The van der Waals surface area contributed by atoms with Crippen molar-refractivity contribution in [3.63, 3.8) is 0 Å². The summed E-state index contributed by atoms with van der Waals surface area (Å²) in [7, 11) is 0. The fourth-order valence-electron chi connectivity index (χ4n) is 4.05. The second-order valence-corrected chi connectivity index (χ2v) is 5.86. The zero-order valence-electron chi connectivity index (χ0n) is 9.58. The largest absolute Gasteiger partial charge is 0.371 e. The summed E-state index contributed by atoms with van der Waals surface area (Å²) in [4.78, 5) is 0. The summed E-state index contributed by atoms with van der Waals surface area (Å²) < 4.78 is 6.43. The Labute approximate surface area is 92.6 Å². The van der Waals surface area contributed by atoms with E-state index in [9.17, 15) is 0 Å². The van der Waals surface area contributed by atoms with Crippen LogP contribution in [0.3, 0.4) is 0 Å². The summed E-state index contributed by atoms with van der Waals surface area (Å²) in [5, 5.41) is 0. The van der Waals surface area contributed by atoms with Gasteiger partial charge in [-0.15, -0.1) is 0 Å². The van der Waals surface area contributed by atoms with Gasteiger partial charge in [0.05, 0.1) is 11.7 Å². The lowest BCUT2D eigenvalue weighted by Gasteiger charge is -2.48. The topological polar surface area (TPSA) is 35.2 Å². The zero-order chi connectivity index (χ0) is 10.3. The average Bonchev–Trinajstić information content (AvgIpc) is 2.66. The molecule has 15 heavy (non-hydrogen) atoms. The van der Waals surface area contributed by atoms with Crippen LogP contribution >= 0.6 is 0 Å². The first-order valence-corrected chi connectivity index (χ1v) is 6.73. The van der Waals surface area contributed by atoms with E-state index in [1.807, 2.05) is 0 Å². The quantitative estimate of drug-likeness (QED) is 0.665. The molecule has 3 fully saturated rings. The molecule has 2 saturated carbocycles. The van der Waals surface area contributed by atoms with Gasteiger partial charge in [-0.3, -0.25) is 0 Å². The van der Waals surface area contributed by atoms with Crippen LogP contribution in [0, 0.1) is 5.92 Å². The van der Waals surface area contributed by atoms with Crippen LogP contribution in [-0.4, -0.2) is 17.7 Å². The summed E-state index contributed by atoms with van der Waals surface area (Å²) in [6.07, 6.45) is 12.2. The molecular weight excluding hydrogens is 186 g/mol. The third-order valence-electron chi connectivity index (χ3n) is 4.83. The maximum atomic E-state index is 6.43. The van der Waals surface area contributed by atoms with E-state index in [0.717, 1.165) is 6.42 Å². The van der Waals surface area contributed by atoms with Gasteiger partial charge >= 0.3 is 0 Å². The summed E-state index contributed by atoms with van der Waals surface area (Å²) in [6.45, 7) is 0. The lowest BCUT2D eigenvalue weighted by Crippen LogP contribution is -2.54. The lowest BCUT2D eigenvalue weighted by molar-refractivity contribution is -0.167. The molecule has 0 bridgehead atoms. The highest BCUT2D eigenvalue weighted by molar-refractivity contribution is 4.99. The Bertz CT molecular complexity index is 235. The minimum atomic E-state index is 0.206. The van der Waals surface area contributed by atoms with Gasteiger partial charge in [-0.2, -0.15) is 0 Å². The molecule has 1 heterocycles. The van der Waals surface area contributed by atoms with Crippen LogP contribution in [0.5, 0.6) is 0 Å². The van der Waals surface area contributed by atoms with Gasteiger partial charge in [0.25, 0.3) is 0 Å². The van der Waals surface area contributed by atoms with Crippen LogP contribution in [0.1, 0.15) is 57.8 Å². The molecule has 2 heteroatoms. The summed E-state index contributed by atoms with van der Waals surface area (Å²) >= 11 is 0. The highest BCUT2D eigenvalue weighted by Crippen LogP contribution is 2.46. The summed E-state index contributed by atoms with van der Waals surface area (Å²) in [5.74, 6) is 0.671. The molecule has 1 aliphatic heterocycles. The molecular formula is C13H23NO. The molecule has 86 valence electrons. The highest BCUT2D eigenvalue weighted by atomic mass is 16.5. The van der Waals surface area contributed by atoms with Gasteiger partial charge in [0, 0.05) is 12.0 Å². The van der Waals surface area contributed by atoms with Crippen molar-refractivity contribution in [1.82, 2.24) is 0 Å². The molecule has 0 aromatic carbocycles. The third kappa shape index (κ3) is 1.72. The van der Waals surface area contributed by atoms with Crippen LogP contribution in [0.2, 0.25) is 0 Å². The Morgan fingerprint density at radius 1 is 1.00 bits per heavy atom. The van der Waals surface area contributed by atoms with Crippen molar-refractivity contribution in [2.24, 2.45) is 11.7 Å². The maximum Gasteiger partial charge on any atom is 0.0701 e. The van der Waals surface area contributed by atoms with E-state index in [4.69, 9.17) is 10.5 Å². The summed E-state index contributed by atoms with van der Waals surface area (Å²) in [6, 6.07) is 0.419. The maximum absolute atomic E-state index is 6.43. The van der Waals surface area contributed by atoms with E-state index < -0.39 is 0 Å². The molecule has 1 saturated heterocycles. The van der Waals surface area contributed by atoms with Gasteiger partial charge in [-0.05, 0) is 32.1 Å². The van der Waals surface area contributed by atoms with Crippen LogP contribution in [0.25, 0.3) is 0 Å². The Morgan fingerprint density at radius 2 is 1.73 bits per heavy atom. The lowest BCUT2D eigenvalue weighted by atomic mass is 9.74. The van der Waals surface area contributed by atoms with Crippen molar-refractivity contribution in [3.05, 3.63) is 0 Å². The predicted molar refractivity (Wildman–Crippen MR) is 60.6 cm³/mol. The average molecular weight is 209 g/mol. The van der Waals surface area contributed by atoms with Crippen molar-refractivity contribution in [3.8, 4) is 0 Å². The first-order valence-electron chi connectivity index (χ1n) is 6.73. The van der Waals surface area contributed by atoms with Crippen LogP contribution < -0.4 is 5.73 Å². The fraction of sp³-hybridized carbons (Fsp3) is 1.00. The van der Waals surface area contributed by atoms with Crippen LogP contribution in [0.15, 0.2) is 0 Å². The Hall–Kier alpha value is -0.0800. The molecule has 0 aromatic heterocycles. The van der Waals surface area contributed by atoms with Gasteiger partial charge in [0.1, 0.15) is 0 Å². The Balaban J connectivity index is 1.76. The van der Waals surface area contributed by atoms with Gasteiger partial charge in [0.2, 0.25) is 0 Å². The molecule has 0 radical (unpaired) electrons. The van der Waals surface area contributed by atoms with Gasteiger partial charge in [-0.25, -0.2) is 0 Å². The van der Waals surface area contributed by atoms with E-state index in [-0.39, 0.29) is 5.60 Å². The van der Waals surface area contributed by atoms with Crippen molar-refractivity contribution in [2.45, 2.75) is 75.5 Å². The molecule has 2 nitrogen and oxygen atoms in total. The van der Waals surface area contributed by atoms with Gasteiger partial charge < -0.3 is 10.5 Å². The third-order valence-corrected chi connectivity index (χ3v) is 4.83. The van der Waals surface area contributed by atoms with E-state index in [0.29, 0.717) is 18.1 Å². The van der Waals surface area contributed by atoms with Crippen molar-refractivity contribution in [2.75, 3.05) is 0 Å². The second kappa shape index (κ2) is 3.74. The normalized spacial score (nSPS) is 44.2. The van der Waals surface area contributed by atoms with Gasteiger partial charge in [-0.1, -0.05) is 25.7 Å². The molecule has 2 aliphatic carbocycles.